The quantitative estimate of drug-likeness (QED) is 0.393. The summed E-state index contributed by atoms with van der Waals surface area (Å²) in [5, 5.41) is 8.58. The molecule has 0 aromatic heterocycles. The first-order valence-electron chi connectivity index (χ1n) is 8.07. The normalized spacial score (nSPS) is 10.6. The van der Waals surface area contributed by atoms with Crippen molar-refractivity contribution in [2.45, 2.75) is 77.6 Å². The van der Waals surface area contributed by atoms with Crippen molar-refractivity contribution in [3.63, 3.8) is 0 Å². The molecule has 0 amide bonds. The maximum absolute atomic E-state index is 10.4. The van der Waals surface area contributed by atoms with E-state index in [4.69, 9.17) is 5.11 Å². The van der Waals surface area contributed by atoms with E-state index in [1.54, 1.807) is 0 Å². The number of aliphatic carboxylic acids is 1. The minimum atomic E-state index is -0.699. The molecule has 0 bridgehead atoms. The van der Waals surface area contributed by atoms with E-state index in [1.165, 1.54) is 64.2 Å². The summed E-state index contributed by atoms with van der Waals surface area (Å²) in [6, 6.07) is 0. The number of carbonyl (C=O) groups is 1. The Labute approximate surface area is 147 Å². The Balaban J connectivity index is 0. The average molecular weight is 295 g/mol. The number of rotatable bonds is 14. The van der Waals surface area contributed by atoms with E-state index in [-0.39, 0.29) is 36.0 Å². The van der Waals surface area contributed by atoms with Crippen LogP contribution in [-0.2, 0) is 4.79 Å². The van der Waals surface area contributed by atoms with Gasteiger partial charge in [0, 0.05) is 6.54 Å². The maximum atomic E-state index is 10.4. The Kier molecular flexibility index (Phi) is 19.8. The molecular formula is C16H34NNaO2. The Bertz CT molecular complexity index is 213. The zero-order valence-corrected chi connectivity index (χ0v) is 13.0. The van der Waals surface area contributed by atoms with Crippen LogP contribution < -0.4 is 0 Å². The van der Waals surface area contributed by atoms with Gasteiger partial charge in [0.2, 0.25) is 0 Å². The van der Waals surface area contributed by atoms with E-state index in [2.05, 4.69) is 11.8 Å². The number of carboxylic acids is 1. The molecule has 116 valence electrons. The average Bonchev–Trinajstić information content (AvgIpc) is 2.38. The van der Waals surface area contributed by atoms with Crippen molar-refractivity contribution in [2.24, 2.45) is 0 Å². The van der Waals surface area contributed by atoms with E-state index in [9.17, 15) is 4.79 Å². The Morgan fingerprint density at radius 3 is 1.75 bits per heavy atom. The SMILES string of the molecule is CCCCCCCCCCCCN(C)CCC(=O)O.[NaH]. The third kappa shape index (κ3) is 18.4. The second-order valence-corrected chi connectivity index (χ2v) is 5.63. The number of nitrogens with zero attached hydrogens (tertiary/aromatic N) is 1. The molecule has 0 saturated carbocycles. The van der Waals surface area contributed by atoms with Gasteiger partial charge in [-0.1, -0.05) is 64.7 Å². The van der Waals surface area contributed by atoms with Gasteiger partial charge in [0.25, 0.3) is 0 Å². The van der Waals surface area contributed by atoms with E-state index in [0.29, 0.717) is 6.54 Å². The first kappa shape index (κ1) is 22.7. The summed E-state index contributed by atoms with van der Waals surface area (Å²) in [4.78, 5) is 12.5. The van der Waals surface area contributed by atoms with Crippen LogP contribution in [0.2, 0.25) is 0 Å². The number of hydrogen-bond donors (Lipinski definition) is 1. The van der Waals surface area contributed by atoms with Crippen molar-refractivity contribution in [1.82, 2.24) is 4.90 Å². The molecule has 0 heterocycles. The van der Waals surface area contributed by atoms with Crippen LogP contribution in [-0.4, -0.2) is 65.7 Å². The third-order valence-electron chi connectivity index (χ3n) is 3.60. The number of carboxylic acid groups (broad SMARTS) is 1. The fourth-order valence-electron chi connectivity index (χ4n) is 2.27. The molecule has 0 saturated heterocycles. The van der Waals surface area contributed by atoms with Crippen molar-refractivity contribution >= 4 is 35.5 Å². The minimum absolute atomic E-state index is 0. The van der Waals surface area contributed by atoms with E-state index >= 15 is 0 Å². The summed E-state index contributed by atoms with van der Waals surface area (Å²) in [5.74, 6) is -0.699. The predicted octanol–water partition coefficient (Wildman–Crippen LogP) is 3.67. The molecule has 0 radical (unpaired) electrons. The molecule has 4 heteroatoms. The fraction of sp³-hybridized carbons (Fsp3) is 0.938. The van der Waals surface area contributed by atoms with Gasteiger partial charge in [-0.15, -0.1) is 0 Å². The van der Waals surface area contributed by atoms with E-state index in [1.807, 2.05) is 7.05 Å². The molecule has 0 spiro atoms. The Hall–Kier alpha value is 0.430. The fourth-order valence-corrected chi connectivity index (χ4v) is 2.27. The molecule has 3 nitrogen and oxygen atoms in total. The van der Waals surface area contributed by atoms with Gasteiger partial charge in [-0.2, -0.15) is 0 Å². The monoisotopic (exact) mass is 295 g/mol. The van der Waals surface area contributed by atoms with Gasteiger partial charge in [0.1, 0.15) is 0 Å². The summed E-state index contributed by atoms with van der Waals surface area (Å²) in [7, 11) is 2.01. The van der Waals surface area contributed by atoms with Gasteiger partial charge < -0.3 is 10.0 Å². The van der Waals surface area contributed by atoms with Gasteiger partial charge in [-0.25, -0.2) is 0 Å². The Morgan fingerprint density at radius 2 is 1.30 bits per heavy atom. The second kappa shape index (κ2) is 17.5. The first-order chi connectivity index (χ1) is 9.16. The van der Waals surface area contributed by atoms with Crippen LogP contribution in [0, 0.1) is 0 Å². The van der Waals surface area contributed by atoms with Gasteiger partial charge in [-0.3, -0.25) is 4.79 Å². The molecule has 0 aromatic carbocycles. The molecule has 0 aliphatic carbocycles. The molecule has 1 N–H and O–H groups in total. The molecule has 0 aliphatic heterocycles. The van der Waals surface area contributed by atoms with Crippen molar-refractivity contribution in [3.05, 3.63) is 0 Å². The van der Waals surface area contributed by atoms with E-state index < -0.39 is 5.97 Å². The number of hydrogen-bond acceptors (Lipinski definition) is 2. The van der Waals surface area contributed by atoms with Crippen LogP contribution in [0.15, 0.2) is 0 Å². The zero-order chi connectivity index (χ0) is 14.3. The summed E-state index contributed by atoms with van der Waals surface area (Å²) < 4.78 is 0. The zero-order valence-electron chi connectivity index (χ0n) is 13.0. The van der Waals surface area contributed by atoms with Crippen LogP contribution >= 0.6 is 0 Å². The topological polar surface area (TPSA) is 40.5 Å². The molecule has 0 aliphatic rings. The Morgan fingerprint density at radius 1 is 0.850 bits per heavy atom. The molecule has 20 heavy (non-hydrogen) atoms. The van der Waals surface area contributed by atoms with Gasteiger partial charge in [-0.05, 0) is 20.0 Å². The number of unbranched alkanes of at least 4 members (excludes halogenated alkanes) is 9. The van der Waals surface area contributed by atoms with Gasteiger partial charge in [0.05, 0.1) is 6.42 Å². The van der Waals surface area contributed by atoms with Gasteiger partial charge in [0.15, 0.2) is 0 Å². The second-order valence-electron chi connectivity index (χ2n) is 5.63. The summed E-state index contributed by atoms with van der Waals surface area (Å²) in [5.41, 5.74) is 0. The molecule has 0 rings (SSSR count). The van der Waals surface area contributed by atoms with Crippen LogP contribution in [0.5, 0.6) is 0 Å². The summed E-state index contributed by atoms with van der Waals surface area (Å²) in [6.07, 6.45) is 13.8. The molecule has 0 aromatic rings. The first-order valence-corrected chi connectivity index (χ1v) is 8.07. The van der Waals surface area contributed by atoms with Crippen LogP contribution in [0.1, 0.15) is 77.6 Å². The van der Waals surface area contributed by atoms with Crippen LogP contribution in [0.3, 0.4) is 0 Å². The molecule has 0 unspecified atom stereocenters. The van der Waals surface area contributed by atoms with Crippen molar-refractivity contribution in [2.75, 3.05) is 20.1 Å². The molecular weight excluding hydrogens is 261 g/mol. The van der Waals surface area contributed by atoms with E-state index in [0.717, 1.165) is 6.54 Å². The van der Waals surface area contributed by atoms with Crippen molar-refractivity contribution in [1.29, 1.82) is 0 Å². The van der Waals surface area contributed by atoms with Crippen LogP contribution in [0.25, 0.3) is 0 Å². The summed E-state index contributed by atoms with van der Waals surface area (Å²) in [6.45, 7) is 3.96. The third-order valence-corrected chi connectivity index (χ3v) is 3.60. The van der Waals surface area contributed by atoms with Crippen molar-refractivity contribution < 1.29 is 9.90 Å². The molecule has 0 atom stereocenters. The summed E-state index contributed by atoms with van der Waals surface area (Å²) >= 11 is 0. The van der Waals surface area contributed by atoms with Gasteiger partial charge >= 0.3 is 35.5 Å². The van der Waals surface area contributed by atoms with Crippen LogP contribution in [0.4, 0.5) is 0 Å². The predicted molar refractivity (Wildman–Crippen MR) is 88.7 cm³/mol. The molecule has 0 fully saturated rings. The standard InChI is InChI=1S/C16H33NO2.Na.H/c1-3-4-5-6-7-8-9-10-11-12-14-17(2)15-13-16(18)19;;/h3-15H2,1-2H3,(H,18,19);;. The van der Waals surface area contributed by atoms with Crippen molar-refractivity contribution in [3.8, 4) is 0 Å².